The summed E-state index contributed by atoms with van der Waals surface area (Å²) in [5.74, 6) is 1.70. The molecule has 0 spiro atoms. The number of methoxy groups -OCH3 is 1. The first-order valence-corrected chi connectivity index (χ1v) is 11.1. The molecule has 4 rings (SSSR count). The van der Waals surface area contributed by atoms with E-state index in [1.165, 1.54) is 0 Å². The Bertz CT molecular complexity index is 915. The predicted octanol–water partition coefficient (Wildman–Crippen LogP) is 3.86. The Kier molecular flexibility index (Phi) is 6.75. The summed E-state index contributed by atoms with van der Waals surface area (Å²) in [6.07, 6.45) is 3.90. The molecule has 0 aromatic heterocycles. The van der Waals surface area contributed by atoms with Crippen molar-refractivity contribution in [2.75, 3.05) is 39.9 Å². The van der Waals surface area contributed by atoms with Crippen molar-refractivity contribution < 1.29 is 19.1 Å². The largest absolute Gasteiger partial charge is 0.496 e. The van der Waals surface area contributed by atoms with E-state index in [2.05, 4.69) is 0 Å². The van der Waals surface area contributed by atoms with Crippen LogP contribution in [0, 0.1) is 5.92 Å². The first-order valence-electron chi connectivity index (χ1n) is 11.1. The number of benzene rings is 2. The second-order valence-corrected chi connectivity index (χ2v) is 8.24. The zero-order chi connectivity index (χ0) is 21.6. The topological polar surface area (TPSA) is 59.1 Å². The number of carbonyl (C=O) groups is 2. The van der Waals surface area contributed by atoms with Crippen LogP contribution < -0.4 is 9.47 Å². The number of nitrogens with zero attached hydrogens (tertiary/aromatic N) is 2. The van der Waals surface area contributed by atoms with Crippen LogP contribution in [0.1, 0.15) is 46.4 Å². The lowest BCUT2D eigenvalue weighted by Gasteiger charge is -2.32. The average Bonchev–Trinajstić information content (AvgIpc) is 3.37. The summed E-state index contributed by atoms with van der Waals surface area (Å²) >= 11 is 0. The molecule has 0 radical (unpaired) electrons. The Labute approximate surface area is 183 Å². The third-order valence-corrected chi connectivity index (χ3v) is 6.22. The molecule has 2 fully saturated rings. The van der Waals surface area contributed by atoms with Crippen molar-refractivity contribution in [3.05, 3.63) is 59.7 Å². The van der Waals surface area contributed by atoms with E-state index in [-0.39, 0.29) is 11.8 Å². The van der Waals surface area contributed by atoms with Gasteiger partial charge in [-0.25, -0.2) is 0 Å². The van der Waals surface area contributed by atoms with Gasteiger partial charge in [0.1, 0.15) is 11.5 Å². The van der Waals surface area contributed by atoms with Gasteiger partial charge in [0.25, 0.3) is 11.8 Å². The number of amides is 2. The van der Waals surface area contributed by atoms with Crippen LogP contribution in [-0.4, -0.2) is 61.5 Å². The molecule has 2 aromatic carbocycles. The minimum Gasteiger partial charge on any atom is -0.496 e. The van der Waals surface area contributed by atoms with Crippen molar-refractivity contribution in [1.82, 2.24) is 9.80 Å². The molecule has 6 heteroatoms. The highest BCUT2D eigenvalue weighted by atomic mass is 16.5. The minimum atomic E-state index is 0.0124. The number of hydrogen-bond acceptors (Lipinski definition) is 4. The average molecular weight is 423 g/mol. The highest BCUT2D eigenvalue weighted by molar-refractivity contribution is 5.97. The van der Waals surface area contributed by atoms with E-state index in [0.717, 1.165) is 38.8 Å². The van der Waals surface area contributed by atoms with Crippen molar-refractivity contribution in [2.24, 2.45) is 5.92 Å². The summed E-state index contributed by atoms with van der Waals surface area (Å²) < 4.78 is 11.4. The highest BCUT2D eigenvalue weighted by Gasteiger charge is 2.27. The van der Waals surface area contributed by atoms with Gasteiger partial charge in [0.2, 0.25) is 0 Å². The molecule has 2 aliphatic heterocycles. The molecule has 31 heavy (non-hydrogen) atoms. The number of ether oxygens (including phenoxy) is 2. The monoisotopic (exact) mass is 422 g/mol. The summed E-state index contributed by atoms with van der Waals surface area (Å²) in [5, 5.41) is 0. The first-order chi connectivity index (χ1) is 15.2. The fraction of sp³-hybridized carbons (Fsp3) is 0.440. The summed E-state index contributed by atoms with van der Waals surface area (Å²) in [5.41, 5.74) is 1.25. The maximum Gasteiger partial charge on any atom is 0.257 e. The molecule has 0 bridgehead atoms. The second kappa shape index (κ2) is 9.86. The molecule has 6 nitrogen and oxygen atoms in total. The summed E-state index contributed by atoms with van der Waals surface area (Å²) in [6, 6.07) is 14.9. The lowest BCUT2D eigenvalue weighted by molar-refractivity contribution is 0.0653. The molecular weight excluding hydrogens is 392 g/mol. The molecule has 0 unspecified atom stereocenters. The van der Waals surface area contributed by atoms with Crippen LogP contribution in [0.15, 0.2) is 48.5 Å². The predicted molar refractivity (Wildman–Crippen MR) is 119 cm³/mol. The maximum absolute atomic E-state index is 12.9. The van der Waals surface area contributed by atoms with Crippen molar-refractivity contribution in [3.63, 3.8) is 0 Å². The highest BCUT2D eigenvalue weighted by Crippen LogP contribution is 2.26. The van der Waals surface area contributed by atoms with E-state index >= 15 is 0 Å². The van der Waals surface area contributed by atoms with Gasteiger partial charge in [0.05, 0.1) is 24.8 Å². The zero-order valence-corrected chi connectivity index (χ0v) is 18.1. The zero-order valence-electron chi connectivity index (χ0n) is 18.1. The van der Waals surface area contributed by atoms with Gasteiger partial charge in [0, 0.05) is 26.2 Å². The van der Waals surface area contributed by atoms with Crippen LogP contribution >= 0.6 is 0 Å². The molecule has 164 valence electrons. The SMILES string of the molecule is COc1ccccc1C(=O)N1CCC(COc2ccccc2C(=O)N2CCCC2)CC1. The van der Waals surface area contributed by atoms with Crippen LogP contribution in [0.2, 0.25) is 0 Å². The third kappa shape index (κ3) is 4.84. The first kappa shape index (κ1) is 21.2. The van der Waals surface area contributed by atoms with Crippen molar-refractivity contribution in [3.8, 4) is 11.5 Å². The van der Waals surface area contributed by atoms with E-state index < -0.39 is 0 Å². The van der Waals surface area contributed by atoms with Gasteiger partial charge in [-0.05, 0) is 55.9 Å². The standard InChI is InChI=1S/C25H30N2O4/c1-30-22-10-4-2-8-20(22)24(28)27-16-12-19(13-17-27)18-31-23-11-5-3-9-21(23)25(29)26-14-6-7-15-26/h2-5,8-11,19H,6-7,12-18H2,1H3. The Morgan fingerprint density at radius 3 is 1.94 bits per heavy atom. The Balaban J connectivity index is 1.32. The van der Waals surface area contributed by atoms with E-state index in [1.54, 1.807) is 7.11 Å². The number of carbonyl (C=O) groups excluding carboxylic acids is 2. The molecule has 2 saturated heterocycles. The van der Waals surface area contributed by atoms with E-state index in [1.807, 2.05) is 58.3 Å². The third-order valence-electron chi connectivity index (χ3n) is 6.22. The number of likely N-dealkylation sites (tertiary alicyclic amines) is 2. The normalized spacial score (nSPS) is 16.9. The number of rotatable bonds is 6. The van der Waals surface area contributed by atoms with Gasteiger partial charge < -0.3 is 19.3 Å². The van der Waals surface area contributed by atoms with Crippen LogP contribution in [0.5, 0.6) is 11.5 Å². The van der Waals surface area contributed by atoms with Gasteiger partial charge in [-0.2, -0.15) is 0 Å². The van der Waals surface area contributed by atoms with Crippen molar-refractivity contribution in [1.29, 1.82) is 0 Å². The fourth-order valence-corrected chi connectivity index (χ4v) is 4.36. The van der Waals surface area contributed by atoms with Gasteiger partial charge in [-0.1, -0.05) is 24.3 Å². The van der Waals surface area contributed by atoms with Crippen LogP contribution in [0.3, 0.4) is 0 Å². The van der Waals surface area contributed by atoms with Gasteiger partial charge in [-0.3, -0.25) is 9.59 Å². The van der Waals surface area contributed by atoms with E-state index in [0.29, 0.717) is 48.2 Å². The van der Waals surface area contributed by atoms with Crippen molar-refractivity contribution >= 4 is 11.8 Å². The van der Waals surface area contributed by atoms with Crippen molar-refractivity contribution in [2.45, 2.75) is 25.7 Å². The van der Waals surface area contributed by atoms with Gasteiger partial charge in [-0.15, -0.1) is 0 Å². The lowest BCUT2D eigenvalue weighted by atomic mass is 9.97. The number of para-hydroxylation sites is 2. The smallest absolute Gasteiger partial charge is 0.257 e. The van der Waals surface area contributed by atoms with Gasteiger partial charge >= 0.3 is 0 Å². The fourth-order valence-electron chi connectivity index (χ4n) is 4.36. The number of hydrogen-bond donors (Lipinski definition) is 0. The van der Waals surface area contributed by atoms with Crippen LogP contribution in [-0.2, 0) is 0 Å². The molecule has 2 amide bonds. The number of piperidine rings is 1. The second-order valence-electron chi connectivity index (χ2n) is 8.24. The minimum absolute atomic E-state index is 0.0124. The molecule has 2 heterocycles. The molecule has 0 N–H and O–H groups in total. The van der Waals surface area contributed by atoms with Crippen LogP contribution in [0.25, 0.3) is 0 Å². The summed E-state index contributed by atoms with van der Waals surface area (Å²) in [4.78, 5) is 29.5. The van der Waals surface area contributed by atoms with Gasteiger partial charge in [0.15, 0.2) is 0 Å². The Morgan fingerprint density at radius 2 is 1.32 bits per heavy atom. The molecule has 2 aromatic rings. The van der Waals surface area contributed by atoms with Crippen LogP contribution in [0.4, 0.5) is 0 Å². The Hall–Kier alpha value is -3.02. The molecular formula is C25H30N2O4. The maximum atomic E-state index is 12.9. The quantitative estimate of drug-likeness (QED) is 0.709. The summed E-state index contributed by atoms with van der Waals surface area (Å²) in [6.45, 7) is 3.59. The molecule has 0 atom stereocenters. The molecule has 0 saturated carbocycles. The Morgan fingerprint density at radius 1 is 0.806 bits per heavy atom. The lowest BCUT2D eigenvalue weighted by Crippen LogP contribution is -2.39. The van der Waals surface area contributed by atoms with E-state index in [4.69, 9.17) is 9.47 Å². The molecule has 2 aliphatic rings. The summed E-state index contributed by atoms with van der Waals surface area (Å²) in [7, 11) is 1.59. The van der Waals surface area contributed by atoms with E-state index in [9.17, 15) is 9.59 Å². The molecule has 0 aliphatic carbocycles.